The number of rotatable bonds is 7. The molecule has 0 bridgehead atoms. The number of carbonyl (C=O) groups excluding carboxylic acids is 3. The lowest BCUT2D eigenvalue weighted by molar-refractivity contribution is -0.139. The number of benzene rings is 1. The van der Waals surface area contributed by atoms with E-state index in [1.165, 1.54) is 7.11 Å². The molecule has 0 aromatic heterocycles. The van der Waals surface area contributed by atoms with Crippen LogP contribution in [0.2, 0.25) is 0 Å². The van der Waals surface area contributed by atoms with E-state index in [1.807, 2.05) is 0 Å². The Balaban J connectivity index is 2.51. The minimum Gasteiger partial charge on any atom is -0.468 e. The van der Waals surface area contributed by atoms with E-state index in [0.717, 1.165) is 0 Å². The third kappa shape index (κ3) is 6.05. The summed E-state index contributed by atoms with van der Waals surface area (Å²) >= 11 is 0. The summed E-state index contributed by atoms with van der Waals surface area (Å²) in [7, 11) is 1.25. The maximum atomic E-state index is 11.7. The topological polar surface area (TPSA) is 111 Å². The summed E-state index contributed by atoms with van der Waals surface area (Å²) in [6.45, 7) is 0.277. The predicted molar refractivity (Wildman–Crippen MR) is 77.7 cm³/mol. The first kappa shape index (κ1) is 16.6. The van der Waals surface area contributed by atoms with Crippen LogP contribution in [-0.2, 0) is 14.3 Å². The molecule has 0 radical (unpaired) electrons. The van der Waals surface area contributed by atoms with Gasteiger partial charge in [-0.15, -0.1) is 0 Å². The predicted octanol–water partition coefficient (Wildman–Crippen LogP) is 0.267. The number of anilines is 1. The van der Waals surface area contributed by atoms with Gasteiger partial charge in [-0.2, -0.15) is 0 Å². The van der Waals surface area contributed by atoms with Gasteiger partial charge < -0.3 is 21.1 Å². The van der Waals surface area contributed by atoms with Crippen LogP contribution in [0.1, 0.15) is 23.2 Å². The first-order chi connectivity index (χ1) is 10.1. The van der Waals surface area contributed by atoms with Crippen molar-refractivity contribution in [1.82, 2.24) is 5.32 Å². The highest BCUT2D eigenvalue weighted by molar-refractivity contribution is 5.97. The third-order valence-electron chi connectivity index (χ3n) is 2.66. The average Bonchev–Trinajstić information content (AvgIpc) is 2.50. The largest absolute Gasteiger partial charge is 0.468 e. The standard InChI is InChI=1S/C14H19N3O4/c1-21-13(19)9-16-14(20)10-4-6-11(7-5-10)17-12(18)3-2-8-15/h4-7H,2-3,8-9,15H2,1H3,(H,16,20)(H,17,18). The van der Waals surface area contributed by atoms with Crippen LogP contribution < -0.4 is 16.4 Å². The van der Waals surface area contributed by atoms with Crippen molar-refractivity contribution in [3.05, 3.63) is 29.8 Å². The first-order valence-electron chi connectivity index (χ1n) is 6.52. The fraction of sp³-hybridized carbons (Fsp3) is 0.357. The number of hydrogen-bond acceptors (Lipinski definition) is 5. The van der Waals surface area contributed by atoms with Crippen LogP contribution >= 0.6 is 0 Å². The van der Waals surface area contributed by atoms with Crippen LogP contribution in [0.4, 0.5) is 5.69 Å². The van der Waals surface area contributed by atoms with Crippen molar-refractivity contribution >= 4 is 23.5 Å². The number of hydrogen-bond donors (Lipinski definition) is 3. The molecule has 0 unspecified atom stereocenters. The van der Waals surface area contributed by atoms with Crippen LogP contribution in [0.3, 0.4) is 0 Å². The highest BCUT2D eigenvalue weighted by atomic mass is 16.5. The molecular weight excluding hydrogens is 274 g/mol. The molecule has 0 aliphatic carbocycles. The van der Waals surface area contributed by atoms with E-state index in [9.17, 15) is 14.4 Å². The van der Waals surface area contributed by atoms with Gasteiger partial charge in [0.05, 0.1) is 7.11 Å². The molecule has 1 aromatic rings. The molecule has 7 heteroatoms. The molecular formula is C14H19N3O4. The number of methoxy groups -OCH3 is 1. The number of carbonyl (C=O) groups is 3. The van der Waals surface area contributed by atoms with Crippen molar-refractivity contribution < 1.29 is 19.1 Å². The van der Waals surface area contributed by atoms with Crippen molar-refractivity contribution in [1.29, 1.82) is 0 Å². The molecule has 2 amide bonds. The van der Waals surface area contributed by atoms with E-state index in [1.54, 1.807) is 24.3 Å². The van der Waals surface area contributed by atoms with Gasteiger partial charge in [-0.25, -0.2) is 0 Å². The van der Waals surface area contributed by atoms with Crippen molar-refractivity contribution in [3.63, 3.8) is 0 Å². The summed E-state index contributed by atoms with van der Waals surface area (Å²) in [4.78, 5) is 34.1. The van der Waals surface area contributed by atoms with Gasteiger partial charge in [0, 0.05) is 17.7 Å². The lowest BCUT2D eigenvalue weighted by Crippen LogP contribution is -2.30. The summed E-state index contributed by atoms with van der Waals surface area (Å²) in [5.74, 6) is -1.03. The van der Waals surface area contributed by atoms with E-state index in [4.69, 9.17) is 5.73 Å². The summed E-state index contributed by atoms with van der Waals surface area (Å²) < 4.78 is 4.42. The molecule has 1 rings (SSSR count). The van der Waals surface area contributed by atoms with Gasteiger partial charge in [0.1, 0.15) is 6.54 Å². The maximum absolute atomic E-state index is 11.7. The van der Waals surface area contributed by atoms with E-state index in [2.05, 4.69) is 15.4 Å². The molecule has 0 aliphatic heterocycles. The zero-order chi connectivity index (χ0) is 15.7. The number of amides is 2. The summed E-state index contributed by atoms with van der Waals surface area (Å²) in [6, 6.07) is 6.36. The number of nitrogens with two attached hydrogens (primary N) is 1. The maximum Gasteiger partial charge on any atom is 0.325 e. The quantitative estimate of drug-likeness (QED) is 0.625. The van der Waals surface area contributed by atoms with Crippen molar-refractivity contribution in [2.24, 2.45) is 5.73 Å². The summed E-state index contributed by atoms with van der Waals surface area (Å²) in [6.07, 6.45) is 0.984. The SMILES string of the molecule is COC(=O)CNC(=O)c1ccc(NC(=O)CCCN)cc1. The fourth-order valence-corrected chi connectivity index (χ4v) is 1.52. The van der Waals surface area contributed by atoms with Crippen molar-refractivity contribution in [2.75, 3.05) is 25.5 Å². The number of nitrogens with one attached hydrogen (secondary N) is 2. The average molecular weight is 293 g/mol. The molecule has 0 saturated carbocycles. The van der Waals surface area contributed by atoms with Crippen LogP contribution in [0.25, 0.3) is 0 Å². The van der Waals surface area contributed by atoms with Crippen LogP contribution in [0.5, 0.6) is 0 Å². The van der Waals surface area contributed by atoms with Crippen molar-refractivity contribution in [2.45, 2.75) is 12.8 Å². The molecule has 0 heterocycles. The Morgan fingerprint density at radius 2 is 1.86 bits per heavy atom. The zero-order valence-corrected chi connectivity index (χ0v) is 11.8. The molecule has 114 valence electrons. The Hall–Kier alpha value is -2.41. The Morgan fingerprint density at radius 3 is 2.43 bits per heavy atom. The second kappa shape index (κ2) is 8.70. The van der Waals surface area contributed by atoms with Crippen LogP contribution in [0, 0.1) is 0 Å². The molecule has 0 atom stereocenters. The Bertz CT molecular complexity index is 499. The molecule has 0 fully saturated rings. The van der Waals surface area contributed by atoms with Gasteiger partial charge in [0.15, 0.2) is 0 Å². The van der Waals surface area contributed by atoms with Gasteiger partial charge in [-0.1, -0.05) is 0 Å². The Labute approximate surface area is 122 Å². The minimum atomic E-state index is -0.521. The molecule has 0 saturated heterocycles. The van der Waals surface area contributed by atoms with Crippen LogP contribution in [-0.4, -0.2) is 38.0 Å². The smallest absolute Gasteiger partial charge is 0.325 e. The third-order valence-corrected chi connectivity index (χ3v) is 2.66. The van der Waals surface area contributed by atoms with E-state index in [-0.39, 0.29) is 18.4 Å². The van der Waals surface area contributed by atoms with Gasteiger partial charge in [0.25, 0.3) is 5.91 Å². The van der Waals surface area contributed by atoms with Gasteiger partial charge >= 0.3 is 5.97 Å². The number of ether oxygens (including phenoxy) is 1. The number of esters is 1. The molecule has 4 N–H and O–H groups in total. The van der Waals surface area contributed by atoms with E-state index >= 15 is 0 Å². The lowest BCUT2D eigenvalue weighted by Gasteiger charge is -2.07. The zero-order valence-electron chi connectivity index (χ0n) is 11.8. The molecule has 0 spiro atoms. The van der Waals surface area contributed by atoms with Crippen LogP contribution in [0.15, 0.2) is 24.3 Å². The van der Waals surface area contributed by atoms with E-state index in [0.29, 0.717) is 30.6 Å². The molecule has 0 aliphatic rings. The van der Waals surface area contributed by atoms with Gasteiger partial charge in [-0.3, -0.25) is 14.4 Å². The monoisotopic (exact) mass is 293 g/mol. The highest BCUT2D eigenvalue weighted by Crippen LogP contribution is 2.10. The molecule has 1 aromatic carbocycles. The van der Waals surface area contributed by atoms with Gasteiger partial charge in [-0.05, 0) is 37.2 Å². The first-order valence-corrected chi connectivity index (χ1v) is 6.52. The van der Waals surface area contributed by atoms with Crippen molar-refractivity contribution in [3.8, 4) is 0 Å². The second-order valence-electron chi connectivity index (χ2n) is 4.28. The lowest BCUT2D eigenvalue weighted by atomic mass is 10.2. The fourth-order valence-electron chi connectivity index (χ4n) is 1.52. The second-order valence-corrected chi connectivity index (χ2v) is 4.28. The van der Waals surface area contributed by atoms with Gasteiger partial charge in [0.2, 0.25) is 5.91 Å². The molecule has 7 nitrogen and oxygen atoms in total. The normalized spacial score (nSPS) is 9.81. The summed E-state index contributed by atoms with van der Waals surface area (Å²) in [5.41, 5.74) is 6.31. The highest BCUT2D eigenvalue weighted by Gasteiger charge is 2.08. The van der Waals surface area contributed by atoms with E-state index < -0.39 is 5.97 Å². The Morgan fingerprint density at radius 1 is 1.19 bits per heavy atom. The minimum absolute atomic E-state index is 0.122. The summed E-state index contributed by atoms with van der Waals surface area (Å²) in [5, 5.41) is 5.12. The molecule has 21 heavy (non-hydrogen) atoms. The Kier molecular flexibility index (Phi) is 6.90.